The highest BCUT2D eigenvalue weighted by Crippen LogP contribution is 2.29. The number of likely N-dealkylation sites (N-methyl/N-ethyl adjacent to an activating group) is 1. The summed E-state index contributed by atoms with van der Waals surface area (Å²) < 4.78 is 29.1. The maximum Gasteiger partial charge on any atom is 0.413 e. The standard InChI is InChI=1S/C19H26ClFN2O6/c1-11(20)27-18(26)22-15-9-13(21)7-8-14(15)17(28-12(2)24)23(6)10-16(25)29-19(3,4)5/h7-9,11,17H,10H2,1-6H3,(H,22,26). The minimum absolute atomic E-state index is 0.00500. The highest BCUT2D eigenvalue weighted by atomic mass is 35.5. The number of ether oxygens (including phenoxy) is 3. The summed E-state index contributed by atoms with van der Waals surface area (Å²) in [5, 5.41) is 2.36. The Bertz CT molecular complexity index is 751. The van der Waals surface area contributed by atoms with Crippen molar-refractivity contribution in [1.29, 1.82) is 0 Å². The van der Waals surface area contributed by atoms with E-state index < -0.39 is 41.2 Å². The molecule has 2 atom stereocenters. The molecule has 1 rings (SSSR count). The molecule has 0 saturated carbocycles. The Morgan fingerprint density at radius 3 is 2.38 bits per heavy atom. The van der Waals surface area contributed by atoms with Gasteiger partial charge in [-0.05, 0) is 52.9 Å². The Balaban J connectivity index is 3.18. The molecule has 0 aromatic heterocycles. The van der Waals surface area contributed by atoms with Crippen LogP contribution in [0, 0.1) is 5.82 Å². The number of rotatable bonds is 7. The van der Waals surface area contributed by atoms with E-state index in [9.17, 15) is 18.8 Å². The van der Waals surface area contributed by atoms with Gasteiger partial charge in [0.1, 0.15) is 11.4 Å². The summed E-state index contributed by atoms with van der Waals surface area (Å²) in [6.45, 7) is 7.56. The number of carbonyl (C=O) groups excluding carboxylic acids is 3. The summed E-state index contributed by atoms with van der Waals surface area (Å²) in [6.07, 6.45) is -2.03. The quantitative estimate of drug-likeness (QED) is 0.303. The van der Waals surface area contributed by atoms with Crippen molar-refractivity contribution in [2.75, 3.05) is 18.9 Å². The molecule has 0 radical (unpaired) electrons. The van der Waals surface area contributed by atoms with Crippen molar-refractivity contribution in [2.24, 2.45) is 0 Å². The zero-order valence-corrected chi connectivity index (χ0v) is 18.0. The van der Waals surface area contributed by atoms with Crippen molar-refractivity contribution in [2.45, 2.75) is 52.0 Å². The molecule has 10 heteroatoms. The average molecular weight is 433 g/mol. The molecule has 8 nitrogen and oxygen atoms in total. The van der Waals surface area contributed by atoms with E-state index in [4.69, 9.17) is 25.8 Å². The van der Waals surface area contributed by atoms with Gasteiger partial charge in [0.05, 0.1) is 12.2 Å². The third-order valence-electron chi connectivity index (χ3n) is 3.26. The lowest BCUT2D eigenvalue weighted by atomic mass is 10.1. The van der Waals surface area contributed by atoms with Gasteiger partial charge in [-0.3, -0.25) is 19.8 Å². The lowest BCUT2D eigenvalue weighted by Gasteiger charge is -2.29. The maximum atomic E-state index is 13.8. The van der Waals surface area contributed by atoms with E-state index in [0.29, 0.717) is 0 Å². The van der Waals surface area contributed by atoms with Crippen molar-refractivity contribution in [3.8, 4) is 0 Å². The molecule has 0 aliphatic rings. The smallest absolute Gasteiger partial charge is 0.413 e. The largest absolute Gasteiger partial charge is 0.459 e. The minimum Gasteiger partial charge on any atom is -0.459 e. The van der Waals surface area contributed by atoms with Crippen LogP contribution in [0.15, 0.2) is 18.2 Å². The first kappa shape index (κ1) is 24.6. The van der Waals surface area contributed by atoms with Gasteiger partial charge in [0, 0.05) is 12.5 Å². The lowest BCUT2D eigenvalue weighted by molar-refractivity contribution is -0.166. The molecule has 0 aliphatic heterocycles. The van der Waals surface area contributed by atoms with E-state index in [-0.39, 0.29) is 17.8 Å². The molecule has 1 N–H and O–H groups in total. The van der Waals surface area contributed by atoms with Gasteiger partial charge < -0.3 is 14.2 Å². The second-order valence-corrected chi connectivity index (χ2v) is 7.88. The maximum absolute atomic E-state index is 13.8. The molecule has 2 unspecified atom stereocenters. The van der Waals surface area contributed by atoms with Crippen LogP contribution < -0.4 is 5.32 Å². The van der Waals surface area contributed by atoms with Gasteiger partial charge in [-0.25, -0.2) is 9.18 Å². The number of esters is 2. The molecular formula is C19H26ClFN2O6. The molecule has 1 amide bonds. The number of nitrogens with one attached hydrogen (secondary N) is 1. The molecule has 0 aliphatic carbocycles. The molecule has 0 fully saturated rings. The molecule has 0 saturated heterocycles. The number of alkyl halides is 1. The van der Waals surface area contributed by atoms with Crippen molar-refractivity contribution in [1.82, 2.24) is 4.90 Å². The summed E-state index contributed by atoms with van der Waals surface area (Å²) in [6, 6.07) is 3.50. The fourth-order valence-corrected chi connectivity index (χ4v) is 2.43. The van der Waals surface area contributed by atoms with Crippen molar-refractivity contribution < 1.29 is 33.0 Å². The minimum atomic E-state index is -1.11. The van der Waals surface area contributed by atoms with Crippen molar-refractivity contribution in [3.05, 3.63) is 29.6 Å². The van der Waals surface area contributed by atoms with Crippen LogP contribution in [0.25, 0.3) is 0 Å². The van der Waals surface area contributed by atoms with E-state index in [1.807, 2.05) is 0 Å². The number of carbonyl (C=O) groups is 3. The lowest BCUT2D eigenvalue weighted by Crippen LogP contribution is -2.36. The molecule has 1 aromatic carbocycles. The molecule has 1 aromatic rings. The summed E-state index contributed by atoms with van der Waals surface area (Å²) in [5.74, 6) is -1.83. The zero-order valence-electron chi connectivity index (χ0n) is 17.2. The Hall–Kier alpha value is -2.39. The van der Waals surface area contributed by atoms with E-state index >= 15 is 0 Å². The Labute approximate surface area is 174 Å². The van der Waals surface area contributed by atoms with Crippen LogP contribution in [0.3, 0.4) is 0 Å². The second kappa shape index (κ2) is 10.4. The molecule has 0 heterocycles. The Morgan fingerprint density at radius 1 is 1.24 bits per heavy atom. The zero-order chi connectivity index (χ0) is 22.4. The van der Waals surface area contributed by atoms with Gasteiger partial charge in [0.15, 0.2) is 11.8 Å². The molecule has 0 spiro atoms. The highest BCUT2D eigenvalue weighted by Gasteiger charge is 2.28. The van der Waals surface area contributed by atoms with Crippen molar-refractivity contribution in [3.63, 3.8) is 0 Å². The van der Waals surface area contributed by atoms with E-state index in [0.717, 1.165) is 12.1 Å². The van der Waals surface area contributed by atoms with Gasteiger partial charge in [-0.15, -0.1) is 0 Å². The summed E-state index contributed by atoms with van der Waals surface area (Å²) in [5.41, 5.74) is -1.38. The van der Waals surface area contributed by atoms with Crippen LogP contribution in [0.5, 0.6) is 0 Å². The first-order valence-corrected chi connectivity index (χ1v) is 9.22. The Kier molecular flexibility index (Phi) is 8.84. The van der Waals surface area contributed by atoms with Gasteiger partial charge in [0.25, 0.3) is 0 Å². The van der Waals surface area contributed by atoms with E-state index in [1.54, 1.807) is 20.8 Å². The van der Waals surface area contributed by atoms with Crippen LogP contribution >= 0.6 is 11.6 Å². The van der Waals surface area contributed by atoms with Crippen LogP contribution in [0.4, 0.5) is 14.9 Å². The van der Waals surface area contributed by atoms with Gasteiger partial charge >= 0.3 is 18.0 Å². The third kappa shape index (κ3) is 9.10. The summed E-state index contributed by atoms with van der Waals surface area (Å²) in [4.78, 5) is 37.1. The number of anilines is 1. The van der Waals surface area contributed by atoms with Gasteiger partial charge in [0.2, 0.25) is 0 Å². The predicted octanol–water partition coefficient (Wildman–Crippen LogP) is 3.79. The molecular weight excluding hydrogens is 407 g/mol. The SMILES string of the molecule is CC(=O)OC(c1ccc(F)cc1NC(=O)OC(C)Cl)N(C)CC(=O)OC(C)(C)C. The topological polar surface area (TPSA) is 94.2 Å². The third-order valence-corrected chi connectivity index (χ3v) is 3.35. The number of hydrogen-bond donors (Lipinski definition) is 1. The van der Waals surface area contributed by atoms with Crippen LogP contribution in [0.2, 0.25) is 0 Å². The number of nitrogens with zero attached hydrogens (tertiary/aromatic N) is 1. The van der Waals surface area contributed by atoms with Gasteiger partial charge in [-0.1, -0.05) is 11.6 Å². The molecule has 29 heavy (non-hydrogen) atoms. The van der Waals surface area contributed by atoms with Crippen LogP contribution in [-0.2, 0) is 23.8 Å². The fraction of sp³-hybridized carbons (Fsp3) is 0.526. The molecule has 162 valence electrons. The normalized spacial score (nSPS) is 13.4. The van der Waals surface area contributed by atoms with Crippen molar-refractivity contribution >= 4 is 35.3 Å². The van der Waals surface area contributed by atoms with E-state index in [1.165, 1.54) is 31.9 Å². The first-order valence-electron chi connectivity index (χ1n) is 8.79. The highest BCUT2D eigenvalue weighted by molar-refractivity contribution is 6.20. The number of hydrogen-bond acceptors (Lipinski definition) is 7. The fourth-order valence-electron chi connectivity index (χ4n) is 2.35. The van der Waals surface area contributed by atoms with Crippen LogP contribution in [-0.4, -0.2) is 47.7 Å². The Morgan fingerprint density at radius 2 is 1.86 bits per heavy atom. The number of halogens is 2. The monoisotopic (exact) mass is 432 g/mol. The van der Waals surface area contributed by atoms with E-state index in [2.05, 4.69) is 5.32 Å². The second-order valence-electron chi connectivity index (χ2n) is 7.27. The predicted molar refractivity (Wildman–Crippen MR) is 105 cm³/mol. The summed E-state index contributed by atoms with van der Waals surface area (Å²) >= 11 is 5.62. The van der Waals surface area contributed by atoms with Crippen LogP contribution in [0.1, 0.15) is 46.4 Å². The number of benzene rings is 1. The molecule has 0 bridgehead atoms. The summed E-state index contributed by atoms with van der Waals surface area (Å²) in [7, 11) is 1.52. The average Bonchev–Trinajstić information content (AvgIpc) is 2.50. The number of amides is 1. The van der Waals surface area contributed by atoms with Gasteiger partial charge in [-0.2, -0.15) is 0 Å². The first-order chi connectivity index (χ1) is 13.3.